The summed E-state index contributed by atoms with van der Waals surface area (Å²) in [6.45, 7) is 0.0836. The minimum Gasteiger partial charge on any atom is -0.482 e. The monoisotopic (exact) mass is 389 g/mol. The molecular weight excluding hydrogens is 376 g/mol. The Labute approximate surface area is 156 Å². The van der Waals surface area contributed by atoms with Crippen LogP contribution >= 0.6 is 11.3 Å². The van der Waals surface area contributed by atoms with Crippen LogP contribution in [0.5, 0.6) is 5.75 Å². The van der Waals surface area contributed by atoms with Crippen molar-refractivity contribution in [3.8, 4) is 5.75 Å². The van der Waals surface area contributed by atoms with E-state index in [4.69, 9.17) is 4.74 Å². The molecule has 0 atom stereocenters. The third-order valence-electron chi connectivity index (χ3n) is 4.03. The van der Waals surface area contributed by atoms with Gasteiger partial charge in [0, 0.05) is 19.0 Å². The Balaban J connectivity index is 1.45. The number of thiazole rings is 1. The quantitative estimate of drug-likeness (QED) is 0.743. The number of aromatic nitrogens is 1. The van der Waals surface area contributed by atoms with E-state index in [9.17, 15) is 18.4 Å². The molecular formula is C18H13F2N3O3S. The predicted octanol–water partition coefficient (Wildman–Crippen LogP) is 3.33. The molecule has 27 heavy (non-hydrogen) atoms. The molecule has 0 fully saturated rings. The lowest BCUT2D eigenvalue weighted by Crippen LogP contribution is -2.40. The number of halogens is 2. The zero-order valence-electron chi connectivity index (χ0n) is 13.9. The highest BCUT2D eigenvalue weighted by Gasteiger charge is 2.25. The highest BCUT2D eigenvalue weighted by molar-refractivity contribution is 7.22. The van der Waals surface area contributed by atoms with Gasteiger partial charge in [0.2, 0.25) is 5.91 Å². The smallest absolute Gasteiger partial charge is 0.265 e. The molecule has 0 saturated heterocycles. The number of nitrogens with one attached hydrogen (secondary N) is 1. The topological polar surface area (TPSA) is 71.5 Å². The first-order valence-electron chi connectivity index (χ1n) is 8.09. The van der Waals surface area contributed by atoms with Gasteiger partial charge in [-0.1, -0.05) is 23.5 Å². The Morgan fingerprint density at radius 2 is 2.11 bits per heavy atom. The second-order valence-corrected chi connectivity index (χ2v) is 6.88. The number of amides is 2. The summed E-state index contributed by atoms with van der Waals surface area (Å²) < 4.78 is 32.6. The van der Waals surface area contributed by atoms with Gasteiger partial charge < -0.3 is 15.0 Å². The number of hydrogen-bond donors (Lipinski definition) is 1. The average molecular weight is 389 g/mol. The van der Waals surface area contributed by atoms with Gasteiger partial charge in [-0.05, 0) is 18.2 Å². The average Bonchev–Trinajstić information content (AvgIpc) is 3.03. The summed E-state index contributed by atoms with van der Waals surface area (Å²) in [5.41, 5.74) is 0.619. The zero-order chi connectivity index (χ0) is 19.0. The number of para-hydroxylation sites is 2. The molecule has 2 aromatic carbocycles. The van der Waals surface area contributed by atoms with Gasteiger partial charge in [-0.2, -0.15) is 0 Å². The lowest BCUT2D eigenvalue weighted by atomic mass is 10.2. The molecule has 2 heterocycles. The van der Waals surface area contributed by atoms with Crippen LogP contribution in [0.4, 0.5) is 19.6 Å². The first kappa shape index (κ1) is 17.3. The lowest BCUT2D eigenvalue weighted by Gasteiger charge is -2.29. The molecule has 1 N–H and O–H groups in total. The first-order chi connectivity index (χ1) is 13.0. The number of ether oxygens (including phenoxy) is 1. The van der Waals surface area contributed by atoms with Crippen molar-refractivity contribution in [2.24, 2.45) is 0 Å². The standard InChI is InChI=1S/C18H13F2N3O3S/c19-10-7-11(20)17-14(8-10)27-18(22-17)21-15(24)5-6-23-12-3-1-2-4-13(12)26-9-16(23)25/h1-4,7-8H,5-6,9H2,(H,21,22,24). The summed E-state index contributed by atoms with van der Waals surface area (Å²) in [5.74, 6) is -1.52. The molecule has 3 aromatic rings. The van der Waals surface area contributed by atoms with Crippen molar-refractivity contribution in [2.45, 2.75) is 6.42 Å². The molecule has 0 unspecified atom stereocenters. The SMILES string of the molecule is O=C(CCN1C(=O)COc2ccccc21)Nc1nc2c(F)cc(F)cc2s1. The summed E-state index contributed by atoms with van der Waals surface area (Å²) in [6.07, 6.45) is 0.0207. The van der Waals surface area contributed by atoms with E-state index >= 15 is 0 Å². The van der Waals surface area contributed by atoms with Crippen LogP contribution in [0, 0.1) is 11.6 Å². The number of carbonyl (C=O) groups excluding carboxylic acids is 2. The molecule has 0 aliphatic carbocycles. The van der Waals surface area contributed by atoms with Crippen LogP contribution < -0.4 is 15.0 Å². The summed E-state index contributed by atoms with van der Waals surface area (Å²) >= 11 is 0.981. The third-order valence-corrected chi connectivity index (χ3v) is 4.95. The van der Waals surface area contributed by atoms with Crippen LogP contribution in [0.3, 0.4) is 0 Å². The largest absolute Gasteiger partial charge is 0.482 e. The van der Waals surface area contributed by atoms with E-state index in [2.05, 4.69) is 10.3 Å². The molecule has 2 amide bonds. The van der Waals surface area contributed by atoms with Gasteiger partial charge in [0.25, 0.3) is 5.91 Å². The van der Waals surface area contributed by atoms with Gasteiger partial charge in [0.15, 0.2) is 17.6 Å². The summed E-state index contributed by atoms with van der Waals surface area (Å²) in [4.78, 5) is 29.8. The van der Waals surface area contributed by atoms with Crippen molar-refractivity contribution < 1.29 is 23.1 Å². The normalized spacial score (nSPS) is 13.4. The van der Waals surface area contributed by atoms with E-state index in [1.165, 1.54) is 4.90 Å². The van der Waals surface area contributed by atoms with Crippen LogP contribution in [-0.2, 0) is 9.59 Å². The first-order valence-corrected chi connectivity index (χ1v) is 8.90. The van der Waals surface area contributed by atoms with Crippen LogP contribution in [0.1, 0.15) is 6.42 Å². The van der Waals surface area contributed by atoms with Gasteiger partial charge in [-0.3, -0.25) is 9.59 Å². The lowest BCUT2D eigenvalue weighted by molar-refractivity contribution is -0.121. The van der Waals surface area contributed by atoms with E-state index in [1.54, 1.807) is 24.3 Å². The maximum atomic E-state index is 13.7. The van der Waals surface area contributed by atoms with E-state index in [0.717, 1.165) is 23.5 Å². The zero-order valence-corrected chi connectivity index (χ0v) is 14.7. The summed E-state index contributed by atoms with van der Waals surface area (Å²) in [6, 6.07) is 8.99. The second-order valence-electron chi connectivity index (χ2n) is 5.85. The van der Waals surface area contributed by atoms with Crippen LogP contribution in [-0.4, -0.2) is 29.9 Å². The molecule has 0 bridgehead atoms. The number of rotatable bonds is 4. The molecule has 9 heteroatoms. The third kappa shape index (κ3) is 3.45. The van der Waals surface area contributed by atoms with Crippen LogP contribution in [0.25, 0.3) is 10.2 Å². The summed E-state index contributed by atoms with van der Waals surface area (Å²) in [5, 5.41) is 2.74. The molecule has 1 aliphatic rings. The molecule has 0 saturated carbocycles. The molecule has 1 aliphatic heterocycles. The highest BCUT2D eigenvalue weighted by Crippen LogP contribution is 2.32. The molecule has 6 nitrogen and oxygen atoms in total. The Morgan fingerprint density at radius 1 is 1.30 bits per heavy atom. The fourth-order valence-corrected chi connectivity index (χ4v) is 3.73. The predicted molar refractivity (Wildman–Crippen MR) is 97.1 cm³/mol. The minimum absolute atomic E-state index is 0.00832. The number of benzene rings is 2. The molecule has 0 radical (unpaired) electrons. The number of fused-ring (bicyclic) bond motifs is 2. The van der Waals surface area contributed by atoms with Gasteiger partial charge in [-0.25, -0.2) is 13.8 Å². The Morgan fingerprint density at radius 3 is 2.96 bits per heavy atom. The Bertz CT molecular complexity index is 1050. The van der Waals surface area contributed by atoms with Crippen molar-refractivity contribution in [1.82, 2.24) is 4.98 Å². The maximum Gasteiger partial charge on any atom is 0.265 e. The molecule has 138 valence electrons. The van der Waals surface area contributed by atoms with E-state index < -0.39 is 11.6 Å². The number of nitrogens with zero attached hydrogens (tertiary/aromatic N) is 2. The molecule has 4 rings (SSSR count). The van der Waals surface area contributed by atoms with E-state index in [-0.39, 0.29) is 42.0 Å². The fraction of sp³-hybridized carbons (Fsp3) is 0.167. The van der Waals surface area contributed by atoms with Crippen molar-refractivity contribution in [2.75, 3.05) is 23.4 Å². The van der Waals surface area contributed by atoms with Crippen molar-refractivity contribution >= 4 is 44.2 Å². The van der Waals surface area contributed by atoms with Crippen molar-refractivity contribution in [1.29, 1.82) is 0 Å². The Kier molecular flexibility index (Phi) is 4.44. The van der Waals surface area contributed by atoms with Gasteiger partial charge in [-0.15, -0.1) is 0 Å². The molecule has 0 spiro atoms. The number of carbonyl (C=O) groups is 2. The van der Waals surface area contributed by atoms with Gasteiger partial charge in [0.1, 0.15) is 17.1 Å². The van der Waals surface area contributed by atoms with Gasteiger partial charge in [0.05, 0.1) is 10.4 Å². The summed E-state index contributed by atoms with van der Waals surface area (Å²) in [7, 11) is 0. The van der Waals surface area contributed by atoms with Crippen molar-refractivity contribution in [3.05, 3.63) is 48.0 Å². The fourth-order valence-electron chi connectivity index (χ4n) is 2.80. The minimum atomic E-state index is -0.780. The number of anilines is 2. The van der Waals surface area contributed by atoms with Gasteiger partial charge >= 0.3 is 0 Å². The number of hydrogen-bond acceptors (Lipinski definition) is 5. The highest BCUT2D eigenvalue weighted by atomic mass is 32.1. The Hall–Kier alpha value is -3.07. The van der Waals surface area contributed by atoms with Crippen molar-refractivity contribution in [3.63, 3.8) is 0 Å². The second kappa shape index (κ2) is 6.92. The van der Waals surface area contributed by atoms with Crippen LogP contribution in [0.15, 0.2) is 36.4 Å². The van der Waals surface area contributed by atoms with E-state index in [0.29, 0.717) is 16.1 Å². The maximum absolute atomic E-state index is 13.7. The van der Waals surface area contributed by atoms with Crippen LogP contribution in [0.2, 0.25) is 0 Å². The molecule has 1 aromatic heterocycles. The van der Waals surface area contributed by atoms with E-state index in [1.807, 2.05) is 0 Å².